The Morgan fingerprint density at radius 2 is 0.518 bits per heavy atom. The van der Waals surface area contributed by atoms with Gasteiger partial charge in [0.25, 0.3) is 0 Å². The summed E-state index contributed by atoms with van der Waals surface area (Å²) in [4.78, 5) is 0. The molecule has 0 aromatic carbocycles. The normalized spacial score (nSPS) is 53.2. The Balaban J connectivity index is 1.34. The van der Waals surface area contributed by atoms with E-state index in [0.29, 0.717) is 0 Å². The molecule has 0 saturated carbocycles. The van der Waals surface area contributed by atoms with E-state index >= 15 is 0 Å². The highest BCUT2D eigenvalue weighted by Gasteiger charge is 2.56. The van der Waals surface area contributed by atoms with Crippen LogP contribution in [0.3, 0.4) is 0 Å². The van der Waals surface area contributed by atoms with Crippen LogP contribution in [0.15, 0.2) is 0 Å². The van der Waals surface area contributed by atoms with Gasteiger partial charge in [-0.1, -0.05) is 0 Å². The van der Waals surface area contributed by atoms with E-state index in [4.69, 9.17) is 42.6 Å². The monoisotopic (exact) mass is 828 g/mol. The molecule has 0 aliphatic carbocycles. The summed E-state index contributed by atoms with van der Waals surface area (Å²) in [6.45, 7) is -4.58. The molecule has 26 heteroatoms. The third kappa shape index (κ3) is 9.16. The van der Waals surface area contributed by atoms with Crippen molar-refractivity contribution in [2.75, 3.05) is 33.0 Å². The van der Waals surface area contributed by atoms with Gasteiger partial charge < -0.3 is 129 Å². The van der Waals surface area contributed by atoms with Crippen molar-refractivity contribution in [3.63, 3.8) is 0 Å². The maximum absolute atomic E-state index is 11.4. The van der Waals surface area contributed by atoms with Crippen LogP contribution in [0.1, 0.15) is 0 Å². The molecular formula is C30H52O26. The van der Waals surface area contributed by atoms with Crippen LogP contribution >= 0.6 is 0 Å². The summed E-state index contributed by atoms with van der Waals surface area (Å²) >= 11 is 0. The Hall–Kier alpha value is -1.04. The van der Waals surface area contributed by atoms with Gasteiger partial charge in [-0.3, -0.25) is 0 Å². The van der Waals surface area contributed by atoms with Crippen molar-refractivity contribution in [1.29, 1.82) is 0 Å². The minimum Gasteiger partial charge on any atom is -0.394 e. The maximum atomic E-state index is 11.4. The van der Waals surface area contributed by atoms with Gasteiger partial charge in [0.15, 0.2) is 31.5 Å². The van der Waals surface area contributed by atoms with Gasteiger partial charge in [0, 0.05) is 0 Å². The molecule has 5 fully saturated rings. The first kappa shape index (κ1) is 46.0. The first-order valence-electron chi connectivity index (χ1n) is 17.6. The Morgan fingerprint density at radius 3 is 0.821 bits per heavy atom. The fraction of sp³-hybridized carbons (Fsp3) is 1.00. The number of hydrogen-bond donors (Lipinski definition) is 17. The topological polar surface area (TPSA) is 427 Å². The van der Waals surface area contributed by atoms with Crippen LogP contribution in [-0.4, -0.2) is 273 Å². The molecule has 5 saturated heterocycles. The van der Waals surface area contributed by atoms with E-state index in [1.54, 1.807) is 0 Å². The van der Waals surface area contributed by atoms with E-state index in [1.165, 1.54) is 0 Å². The molecule has 328 valence electrons. The fourth-order valence-electron chi connectivity index (χ4n) is 7.01. The molecule has 25 atom stereocenters. The van der Waals surface area contributed by atoms with Crippen molar-refractivity contribution in [2.24, 2.45) is 0 Å². The Kier molecular flexibility index (Phi) is 16.1. The summed E-state index contributed by atoms with van der Waals surface area (Å²) in [5.41, 5.74) is 0. The van der Waals surface area contributed by atoms with Gasteiger partial charge >= 0.3 is 0 Å². The summed E-state index contributed by atoms with van der Waals surface area (Å²) < 4.78 is 48.9. The highest BCUT2D eigenvalue weighted by molar-refractivity contribution is 4.99. The van der Waals surface area contributed by atoms with Crippen LogP contribution in [0.2, 0.25) is 0 Å². The van der Waals surface area contributed by atoms with E-state index in [2.05, 4.69) is 0 Å². The smallest absolute Gasteiger partial charge is 0.187 e. The van der Waals surface area contributed by atoms with E-state index < -0.39 is 187 Å². The van der Waals surface area contributed by atoms with Crippen molar-refractivity contribution in [3.05, 3.63) is 0 Å². The van der Waals surface area contributed by atoms with Gasteiger partial charge in [-0.05, 0) is 0 Å². The van der Waals surface area contributed by atoms with Crippen molar-refractivity contribution >= 4 is 0 Å². The molecule has 0 bridgehead atoms. The second-order valence-electron chi connectivity index (χ2n) is 13.9. The summed E-state index contributed by atoms with van der Waals surface area (Å²) in [6.07, 6.45) is -47.2. The molecule has 5 rings (SSSR count). The van der Waals surface area contributed by atoms with Gasteiger partial charge in [-0.2, -0.15) is 0 Å². The lowest BCUT2D eigenvalue weighted by molar-refractivity contribution is -0.395. The molecule has 0 unspecified atom stereocenters. The highest BCUT2D eigenvalue weighted by atomic mass is 16.8. The van der Waals surface area contributed by atoms with E-state index in [0.717, 1.165) is 0 Å². The Labute approximate surface area is 316 Å². The molecule has 26 nitrogen and oxygen atoms in total. The lowest BCUT2D eigenvalue weighted by Crippen LogP contribution is -2.68. The SMILES string of the molecule is OC[C@H]1O[C@H](O[C@@H]2[C@@H](O)[C@@H](O[C@@H]3[C@@H](O)[C@@H](O[C@@H]4[C@@H](O)[C@@H](O[C@@H]5[C@@H](O)[C@@H](O)O[C@H](CO)[C@H]5O)O[C@H](CO)[C@H]4O)O[C@H](CO)[C@H]3O)O[C@H](CO)[C@H]2O)[C@H](O)[C@@H](O)[C@@H]1O. The summed E-state index contributed by atoms with van der Waals surface area (Å²) in [5.74, 6) is 0. The Morgan fingerprint density at radius 1 is 0.268 bits per heavy atom. The number of aliphatic hydroxyl groups excluding tert-OH is 17. The molecule has 0 radical (unpaired) electrons. The van der Waals surface area contributed by atoms with Gasteiger partial charge in [-0.25, -0.2) is 0 Å². The minimum atomic E-state index is -2.18. The molecule has 5 heterocycles. The molecular weight excluding hydrogens is 776 g/mol. The van der Waals surface area contributed by atoms with Gasteiger partial charge in [0.05, 0.1) is 33.0 Å². The largest absolute Gasteiger partial charge is 0.394 e. The Bertz CT molecular complexity index is 1210. The van der Waals surface area contributed by atoms with Gasteiger partial charge in [0.1, 0.15) is 122 Å². The molecule has 0 spiro atoms. The van der Waals surface area contributed by atoms with E-state index in [9.17, 15) is 86.8 Å². The fourth-order valence-corrected chi connectivity index (χ4v) is 7.01. The summed E-state index contributed by atoms with van der Waals surface area (Å²) in [6, 6.07) is 0. The summed E-state index contributed by atoms with van der Waals surface area (Å²) in [5, 5.41) is 177. The van der Waals surface area contributed by atoms with Crippen LogP contribution in [-0.2, 0) is 42.6 Å². The summed E-state index contributed by atoms with van der Waals surface area (Å²) in [7, 11) is 0. The average molecular weight is 829 g/mol. The standard InChI is InChI=1S/C30H52O26/c31-1-6-11(36)16(41)17(42)27(49-6)54-23-13(38)8(3-33)51-29(19(23)44)56-25-15(40)10(5-35)52-30(21(25)46)55-24-14(39)9(4-34)50-28(20(24)45)53-22-12(37)7(2-32)48-26(47)18(22)43/h6-47H,1-5H2/t6-,7-,8-,9-,10-,11-,12-,13-,14-,15-,16+,17-,18-,19-,20-,21-,22+,23+,24+,25+,26+,27-,28-,29-,30-/m1/s1. The average Bonchev–Trinajstić information content (AvgIpc) is 3.18. The highest BCUT2D eigenvalue weighted by Crippen LogP contribution is 2.35. The van der Waals surface area contributed by atoms with Crippen LogP contribution < -0.4 is 0 Å². The second kappa shape index (κ2) is 19.6. The maximum Gasteiger partial charge on any atom is 0.187 e. The van der Waals surface area contributed by atoms with Crippen molar-refractivity contribution < 1.29 is 129 Å². The zero-order chi connectivity index (χ0) is 41.3. The lowest BCUT2D eigenvalue weighted by atomic mass is 9.95. The molecule has 5 aliphatic heterocycles. The predicted octanol–water partition coefficient (Wildman–Crippen LogP) is -11.9. The minimum absolute atomic E-state index is 0.837. The number of aliphatic hydroxyl groups is 17. The van der Waals surface area contributed by atoms with Crippen molar-refractivity contribution in [2.45, 2.75) is 154 Å². The van der Waals surface area contributed by atoms with Crippen LogP contribution in [0, 0.1) is 0 Å². The zero-order valence-corrected chi connectivity index (χ0v) is 29.2. The molecule has 0 amide bonds. The molecule has 5 aliphatic rings. The molecule has 17 N–H and O–H groups in total. The first-order valence-corrected chi connectivity index (χ1v) is 17.6. The lowest BCUT2D eigenvalue weighted by Gasteiger charge is -2.49. The van der Waals surface area contributed by atoms with Gasteiger partial charge in [-0.15, -0.1) is 0 Å². The zero-order valence-electron chi connectivity index (χ0n) is 29.2. The van der Waals surface area contributed by atoms with Crippen LogP contribution in [0.4, 0.5) is 0 Å². The molecule has 0 aromatic heterocycles. The van der Waals surface area contributed by atoms with Crippen LogP contribution in [0.5, 0.6) is 0 Å². The van der Waals surface area contributed by atoms with Crippen molar-refractivity contribution in [1.82, 2.24) is 0 Å². The van der Waals surface area contributed by atoms with Crippen molar-refractivity contribution in [3.8, 4) is 0 Å². The second-order valence-corrected chi connectivity index (χ2v) is 13.9. The van der Waals surface area contributed by atoms with Crippen LogP contribution in [0.25, 0.3) is 0 Å². The number of ether oxygens (including phenoxy) is 9. The third-order valence-corrected chi connectivity index (χ3v) is 10.3. The van der Waals surface area contributed by atoms with Gasteiger partial charge in [0.2, 0.25) is 0 Å². The first-order chi connectivity index (χ1) is 26.5. The quantitative estimate of drug-likeness (QED) is 0.0819. The predicted molar refractivity (Wildman–Crippen MR) is 167 cm³/mol. The number of rotatable bonds is 13. The van der Waals surface area contributed by atoms with E-state index in [1.807, 2.05) is 0 Å². The molecule has 0 aromatic rings. The third-order valence-electron chi connectivity index (χ3n) is 10.3. The van der Waals surface area contributed by atoms with E-state index in [-0.39, 0.29) is 0 Å². The molecule has 56 heavy (non-hydrogen) atoms. The number of hydrogen-bond acceptors (Lipinski definition) is 26.